The molecule has 5 N–H and O–H groups in total. The Hall–Kier alpha value is -1.25. The van der Waals surface area contributed by atoms with Crippen LogP contribution >= 0.6 is 0 Å². The Morgan fingerprint density at radius 3 is 2.53 bits per heavy atom. The van der Waals surface area contributed by atoms with Gasteiger partial charge in [0.25, 0.3) is 0 Å². The van der Waals surface area contributed by atoms with Crippen LogP contribution in [0.3, 0.4) is 0 Å². The molecule has 30 heavy (non-hydrogen) atoms. The van der Waals surface area contributed by atoms with Crippen molar-refractivity contribution < 1.29 is 35.1 Å². The highest BCUT2D eigenvalue weighted by Crippen LogP contribution is 2.44. The second-order valence-corrected chi connectivity index (χ2v) is 9.00. The van der Waals surface area contributed by atoms with Crippen molar-refractivity contribution in [3.8, 4) is 0 Å². The Morgan fingerprint density at radius 2 is 1.90 bits per heavy atom. The number of carbonyl (C=O) groups excluding carboxylic acids is 1. The van der Waals surface area contributed by atoms with Crippen molar-refractivity contribution in [2.24, 2.45) is 23.7 Å². The van der Waals surface area contributed by atoms with Crippen LogP contribution in [0.2, 0.25) is 0 Å². The molecule has 0 fully saturated rings. The molecule has 0 amide bonds. The molecular formula is C23H38O7. The Balaban J connectivity index is 2.08. The smallest absolute Gasteiger partial charge is 0.308 e. The van der Waals surface area contributed by atoms with E-state index in [2.05, 4.69) is 13.0 Å². The number of allylic oxidation sites excluding steroid dienone is 2. The first-order chi connectivity index (χ1) is 14.1. The number of ether oxygens (including phenoxy) is 1. The summed E-state index contributed by atoms with van der Waals surface area (Å²) in [6, 6.07) is 0. The molecular weight excluding hydrogens is 388 g/mol. The van der Waals surface area contributed by atoms with Crippen molar-refractivity contribution in [3.63, 3.8) is 0 Å². The van der Waals surface area contributed by atoms with E-state index in [1.165, 1.54) is 0 Å². The van der Waals surface area contributed by atoms with Gasteiger partial charge >= 0.3 is 5.97 Å². The van der Waals surface area contributed by atoms with Crippen LogP contribution in [0, 0.1) is 23.7 Å². The standard InChI is InChI=1S/C23H38O7/c1-4-13(2)23(29)30-20-11-17(25)9-15-6-5-14(3)19(22(15)20)8-7-16(24)10-18(26)12-21(27)28/h5-6,9,13-14,16-22,24-28H,4,7-8,10-12H2,1-3H3/t13-,14-,16+,17+,18+,19-,20-,22-/m0/s1. The van der Waals surface area contributed by atoms with E-state index in [9.17, 15) is 20.1 Å². The zero-order valence-corrected chi connectivity index (χ0v) is 18.2. The minimum Gasteiger partial charge on any atom is -0.461 e. The van der Waals surface area contributed by atoms with E-state index in [0.717, 1.165) is 5.57 Å². The minimum absolute atomic E-state index is 0.0437. The Labute approximate surface area is 179 Å². The number of carbonyl (C=O) groups is 1. The summed E-state index contributed by atoms with van der Waals surface area (Å²) in [5, 5.41) is 48.3. The van der Waals surface area contributed by atoms with Crippen LogP contribution in [0.1, 0.15) is 59.3 Å². The SMILES string of the molecule is CC[C@H](C)C(=O)O[C@H]1C[C@H](O)C=C2C=C[C@H](C)[C@H](CC[C@@H](O)C[C@@H](O)CC(O)O)[C@H]21. The molecule has 0 saturated carbocycles. The monoisotopic (exact) mass is 426 g/mol. The van der Waals surface area contributed by atoms with Gasteiger partial charge < -0.3 is 30.3 Å². The normalized spacial score (nSPS) is 31.6. The molecule has 0 spiro atoms. The van der Waals surface area contributed by atoms with Gasteiger partial charge in [-0.3, -0.25) is 4.79 Å². The Kier molecular flexibility index (Phi) is 9.50. The van der Waals surface area contributed by atoms with Crippen LogP contribution in [0.4, 0.5) is 0 Å². The molecule has 0 unspecified atom stereocenters. The van der Waals surface area contributed by atoms with Crippen LogP contribution < -0.4 is 0 Å². The molecule has 0 aliphatic heterocycles. The fourth-order valence-corrected chi connectivity index (χ4v) is 4.58. The van der Waals surface area contributed by atoms with Gasteiger partial charge in [-0.15, -0.1) is 0 Å². The molecule has 2 rings (SSSR count). The number of rotatable bonds is 10. The summed E-state index contributed by atoms with van der Waals surface area (Å²) in [4.78, 5) is 12.4. The van der Waals surface area contributed by atoms with Crippen molar-refractivity contribution >= 4 is 5.97 Å². The van der Waals surface area contributed by atoms with Gasteiger partial charge in [0.05, 0.1) is 24.2 Å². The highest BCUT2D eigenvalue weighted by atomic mass is 16.5. The maximum atomic E-state index is 12.4. The Bertz CT molecular complexity index is 615. The maximum Gasteiger partial charge on any atom is 0.308 e. The number of hydrogen-bond acceptors (Lipinski definition) is 7. The fourth-order valence-electron chi connectivity index (χ4n) is 4.58. The molecule has 7 nitrogen and oxygen atoms in total. The second kappa shape index (κ2) is 11.4. The molecule has 8 atom stereocenters. The predicted octanol–water partition coefficient (Wildman–Crippen LogP) is 1.67. The van der Waals surface area contributed by atoms with Gasteiger partial charge in [0.1, 0.15) is 6.10 Å². The van der Waals surface area contributed by atoms with Gasteiger partial charge in [-0.2, -0.15) is 0 Å². The summed E-state index contributed by atoms with van der Waals surface area (Å²) in [6.45, 7) is 5.87. The molecule has 0 aromatic rings. The van der Waals surface area contributed by atoms with Crippen LogP contribution in [-0.2, 0) is 9.53 Å². The average Bonchev–Trinajstić information content (AvgIpc) is 2.65. The summed E-state index contributed by atoms with van der Waals surface area (Å²) < 4.78 is 5.85. The van der Waals surface area contributed by atoms with Gasteiger partial charge in [-0.1, -0.05) is 39.0 Å². The lowest BCUT2D eigenvalue weighted by atomic mass is 9.66. The van der Waals surface area contributed by atoms with E-state index in [0.29, 0.717) is 25.7 Å². The van der Waals surface area contributed by atoms with Gasteiger partial charge in [0, 0.05) is 18.8 Å². The number of aliphatic hydroxyl groups is 5. The first-order valence-corrected chi connectivity index (χ1v) is 11.1. The van der Waals surface area contributed by atoms with E-state index in [1.54, 1.807) is 0 Å². The molecule has 2 aliphatic carbocycles. The van der Waals surface area contributed by atoms with Crippen LogP contribution in [0.5, 0.6) is 0 Å². The van der Waals surface area contributed by atoms with Crippen molar-refractivity contribution in [2.45, 2.75) is 90.0 Å². The summed E-state index contributed by atoms with van der Waals surface area (Å²) in [6.07, 6.45) is 3.55. The number of hydrogen-bond donors (Lipinski definition) is 5. The van der Waals surface area contributed by atoms with E-state index in [4.69, 9.17) is 14.9 Å². The van der Waals surface area contributed by atoms with Gasteiger partial charge in [0.15, 0.2) is 6.29 Å². The lowest BCUT2D eigenvalue weighted by Gasteiger charge is -2.43. The van der Waals surface area contributed by atoms with Crippen molar-refractivity contribution in [1.82, 2.24) is 0 Å². The van der Waals surface area contributed by atoms with Gasteiger partial charge in [-0.25, -0.2) is 0 Å². The molecule has 2 aliphatic rings. The lowest BCUT2D eigenvalue weighted by Crippen LogP contribution is -2.43. The van der Waals surface area contributed by atoms with Gasteiger partial charge in [-0.05, 0) is 43.1 Å². The molecule has 7 heteroatoms. The number of aliphatic hydroxyl groups excluding tert-OH is 4. The maximum absolute atomic E-state index is 12.4. The van der Waals surface area contributed by atoms with Crippen LogP contribution in [0.25, 0.3) is 0 Å². The second-order valence-electron chi connectivity index (χ2n) is 9.00. The average molecular weight is 427 g/mol. The van der Waals surface area contributed by atoms with Crippen molar-refractivity contribution in [1.29, 1.82) is 0 Å². The first kappa shape index (κ1) is 25.0. The summed E-state index contributed by atoms with van der Waals surface area (Å²) in [5.74, 6) is -0.153. The molecule has 0 saturated heterocycles. The molecule has 172 valence electrons. The largest absolute Gasteiger partial charge is 0.461 e. The molecule has 0 heterocycles. The van der Waals surface area contributed by atoms with E-state index >= 15 is 0 Å². The van der Waals surface area contributed by atoms with Crippen LogP contribution in [0.15, 0.2) is 23.8 Å². The third-order valence-corrected chi connectivity index (χ3v) is 6.52. The molecule has 0 radical (unpaired) electrons. The summed E-state index contributed by atoms with van der Waals surface area (Å²) in [7, 11) is 0. The first-order valence-electron chi connectivity index (χ1n) is 11.1. The summed E-state index contributed by atoms with van der Waals surface area (Å²) in [5.41, 5.74) is 0.969. The van der Waals surface area contributed by atoms with Crippen LogP contribution in [-0.4, -0.2) is 62.2 Å². The van der Waals surface area contributed by atoms with E-state index in [1.807, 2.05) is 26.0 Å². The van der Waals surface area contributed by atoms with Gasteiger partial charge in [0.2, 0.25) is 0 Å². The predicted molar refractivity (Wildman–Crippen MR) is 112 cm³/mol. The highest BCUT2D eigenvalue weighted by molar-refractivity contribution is 5.72. The van der Waals surface area contributed by atoms with Crippen molar-refractivity contribution in [3.05, 3.63) is 23.8 Å². The number of fused-ring (bicyclic) bond motifs is 1. The topological polar surface area (TPSA) is 127 Å². The van der Waals surface area contributed by atoms with E-state index < -0.39 is 30.7 Å². The molecule has 0 aromatic carbocycles. The minimum atomic E-state index is -1.60. The third kappa shape index (κ3) is 6.89. The quantitative estimate of drug-likeness (QED) is 0.266. The van der Waals surface area contributed by atoms with Crippen molar-refractivity contribution in [2.75, 3.05) is 0 Å². The number of esters is 1. The highest BCUT2D eigenvalue weighted by Gasteiger charge is 2.42. The Morgan fingerprint density at radius 1 is 1.20 bits per heavy atom. The summed E-state index contributed by atoms with van der Waals surface area (Å²) >= 11 is 0. The molecule has 0 bridgehead atoms. The zero-order chi connectivity index (χ0) is 22.4. The van der Waals surface area contributed by atoms with E-state index in [-0.39, 0.29) is 42.5 Å². The molecule has 0 aromatic heterocycles. The third-order valence-electron chi connectivity index (χ3n) is 6.52. The lowest BCUT2D eigenvalue weighted by molar-refractivity contribution is -0.159. The fraction of sp³-hybridized carbons (Fsp3) is 0.783. The zero-order valence-electron chi connectivity index (χ0n) is 18.2.